The first-order chi connectivity index (χ1) is 8.31. The number of aromatic hydroxyl groups is 1. The number of rotatable bonds is 2. The van der Waals surface area contributed by atoms with Crippen LogP contribution < -0.4 is 5.32 Å². The number of nitrogens with one attached hydrogen (secondary N) is 2. The van der Waals surface area contributed by atoms with Gasteiger partial charge in [0.15, 0.2) is 0 Å². The lowest BCUT2D eigenvalue weighted by Crippen LogP contribution is -2.35. The molecule has 1 unspecified atom stereocenters. The molecule has 4 nitrogen and oxygen atoms in total. The summed E-state index contributed by atoms with van der Waals surface area (Å²) in [6.07, 6.45) is 4.75. The number of imidazole rings is 1. The number of hydrogen-bond acceptors (Lipinski definition) is 3. The highest BCUT2D eigenvalue weighted by molar-refractivity contribution is 5.76. The number of phenols is 1. The molecule has 0 spiro atoms. The molecule has 0 radical (unpaired) electrons. The van der Waals surface area contributed by atoms with Crippen LogP contribution in [0.2, 0.25) is 0 Å². The highest BCUT2D eigenvalue weighted by atomic mass is 16.3. The molecule has 0 bridgehead atoms. The van der Waals surface area contributed by atoms with Gasteiger partial charge in [-0.05, 0) is 31.5 Å². The van der Waals surface area contributed by atoms with E-state index in [9.17, 15) is 5.11 Å². The molecule has 1 aliphatic heterocycles. The minimum absolute atomic E-state index is 0.281. The van der Waals surface area contributed by atoms with E-state index >= 15 is 0 Å². The fraction of sp³-hybridized carbons (Fsp3) is 0.462. The Bertz CT molecular complexity index is 514. The lowest BCUT2D eigenvalue weighted by Gasteiger charge is -2.22. The smallest absolute Gasteiger partial charge is 0.117 e. The number of aromatic nitrogens is 2. The van der Waals surface area contributed by atoms with Gasteiger partial charge < -0.3 is 15.4 Å². The molecule has 2 heterocycles. The summed E-state index contributed by atoms with van der Waals surface area (Å²) in [5.74, 6) is 1.29. The van der Waals surface area contributed by atoms with Crippen molar-refractivity contribution in [3.8, 4) is 5.75 Å². The Kier molecular flexibility index (Phi) is 2.73. The molecule has 1 aromatic carbocycles. The lowest BCUT2D eigenvalue weighted by atomic mass is 10.0. The van der Waals surface area contributed by atoms with Crippen molar-refractivity contribution in [3.63, 3.8) is 0 Å². The van der Waals surface area contributed by atoms with Crippen LogP contribution in [0.3, 0.4) is 0 Å². The molecule has 1 aliphatic rings. The molecule has 4 heteroatoms. The van der Waals surface area contributed by atoms with E-state index in [1.807, 2.05) is 6.07 Å². The van der Waals surface area contributed by atoms with Crippen LogP contribution >= 0.6 is 0 Å². The van der Waals surface area contributed by atoms with E-state index in [-0.39, 0.29) is 5.75 Å². The first-order valence-electron chi connectivity index (χ1n) is 6.22. The summed E-state index contributed by atoms with van der Waals surface area (Å²) in [6, 6.07) is 5.78. The predicted molar refractivity (Wildman–Crippen MR) is 67.1 cm³/mol. The van der Waals surface area contributed by atoms with Gasteiger partial charge in [0, 0.05) is 18.5 Å². The van der Waals surface area contributed by atoms with E-state index in [4.69, 9.17) is 0 Å². The molecular formula is C13H17N3O. The maximum absolute atomic E-state index is 9.40. The second-order valence-corrected chi connectivity index (χ2v) is 4.74. The first-order valence-corrected chi connectivity index (χ1v) is 6.22. The van der Waals surface area contributed by atoms with E-state index in [0.717, 1.165) is 29.8 Å². The van der Waals surface area contributed by atoms with E-state index in [1.54, 1.807) is 12.1 Å². The highest BCUT2D eigenvalue weighted by Crippen LogP contribution is 2.19. The predicted octanol–water partition coefficient (Wildman–Crippen LogP) is 1.95. The van der Waals surface area contributed by atoms with E-state index < -0.39 is 0 Å². The van der Waals surface area contributed by atoms with Gasteiger partial charge in [0.25, 0.3) is 0 Å². The maximum Gasteiger partial charge on any atom is 0.117 e. The number of hydrogen-bond donors (Lipinski definition) is 3. The average molecular weight is 231 g/mol. The van der Waals surface area contributed by atoms with Gasteiger partial charge in [-0.2, -0.15) is 0 Å². The van der Waals surface area contributed by atoms with Crippen molar-refractivity contribution in [1.82, 2.24) is 15.3 Å². The molecule has 1 fully saturated rings. The van der Waals surface area contributed by atoms with Crippen molar-refractivity contribution >= 4 is 11.0 Å². The van der Waals surface area contributed by atoms with Gasteiger partial charge in [-0.1, -0.05) is 6.42 Å². The molecule has 1 atom stereocenters. The standard InChI is InChI=1S/C13H17N3O/c17-10-4-5-11-12(8-10)16-13(15-11)7-9-3-1-2-6-14-9/h4-5,8-9,14,17H,1-3,6-7H2,(H,15,16). The third kappa shape index (κ3) is 2.26. The maximum atomic E-state index is 9.40. The zero-order chi connectivity index (χ0) is 11.7. The van der Waals surface area contributed by atoms with Crippen LogP contribution in [0, 0.1) is 0 Å². The van der Waals surface area contributed by atoms with E-state index in [0.29, 0.717) is 6.04 Å². The molecule has 2 aromatic rings. The van der Waals surface area contributed by atoms with E-state index in [1.165, 1.54) is 19.3 Å². The number of nitrogens with zero attached hydrogens (tertiary/aromatic N) is 1. The summed E-state index contributed by atoms with van der Waals surface area (Å²) in [6.45, 7) is 1.12. The Morgan fingerprint density at radius 1 is 1.35 bits per heavy atom. The minimum atomic E-state index is 0.281. The number of piperidine rings is 1. The Labute approximate surface area is 100 Å². The van der Waals surface area contributed by atoms with Gasteiger partial charge in [0.2, 0.25) is 0 Å². The summed E-state index contributed by atoms with van der Waals surface area (Å²) in [4.78, 5) is 7.81. The van der Waals surface area contributed by atoms with Gasteiger partial charge in [0.1, 0.15) is 11.6 Å². The number of phenolic OH excluding ortho intramolecular Hbond substituents is 1. The van der Waals surface area contributed by atoms with Gasteiger partial charge >= 0.3 is 0 Å². The summed E-state index contributed by atoms with van der Waals surface area (Å²) >= 11 is 0. The molecule has 0 saturated carbocycles. The minimum Gasteiger partial charge on any atom is -0.508 e. The second kappa shape index (κ2) is 4.37. The molecule has 1 saturated heterocycles. The van der Waals surface area contributed by atoms with Gasteiger partial charge in [-0.25, -0.2) is 4.98 Å². The van der Waals surface area contributed by atoms with Crippen LogP contribution in [0.5, 0.6) is 5.75 Å². The third-order valence-electron chi connectivity index (χ3n) is 3.37. The van der Waals surface area contributed by atoms with Gasteiger partial charge in [-0.15, -0.1) is 0 Å². The number of benzene rings is 1. The third-order valence-corrected chi connectivity index (χ3v) is 3.37. The molecule has 0 amide bonds. The van der Waals surface area contributed by atoms with Crippen LogP contribution in [0.1, 0.15) is 25.1 Å². The molecule has 17 heavy (non-hydrogen) atoms. The van der Waals surface area contributed by atoms with Crippen molar-refractivity contribution in [2.75, 3.05) is 6.54 Å². The van der Waals surface area contributed by atoms with Crippen molar-refractivity contribution in [1.29, 1.82) is 0 Å². The van der Waals surface area contributed by atoms with Crippen LogP contribution in [0.25, 0.3) is 11.0 Å². The van der Waals surface area contributed by atoms with Crippen LogP contribution in [-0.4, -0.2) is 27.7 Å². The number of aromatic amines is 1. The van der Waals surface area contributed by atoms with Crippen molar-refractivity contribution < 1.29 is 5.11 Å². The van der Waals surface area contributed by atoms with Gasteiger partial charge in [-0.3, -0.25) is 0 Å². The summed E-state index contributed by atoms with van der Waals surface area (Å²) in [5.41, 5.74) is 1.84. The zero-order valence-corrected chi connectivity index (χ0v) is 9.74. The number of H-pyrrole nitrogens is 1. The average Bonchev–Trinajstić information content (AvgIpc) is 2.71. The fourth-order valence-corrected chi connectivity index (χ4v) is 2.48. The molecule has 0 aliphatic carbocycles. The van der Waals surface area contributed by atoms with Crippen LogP contribution in [0.15, 0.2) is 18.2 Å². The molecule has 90 valence electrons. The Hall–Kier alpha value is -1.55. The molecule has 3 N–H and O–H groups in total. The molecular weight excluding hydrogens is 214 g/mol. The van der Waals surface area contributed by atoms with Crippen molar-refractivity contribution in [2.45, 2.75) is 31.7 Å². The van der Waals surface area contributed by atoms with Crippen molar-refractivity contribution in [2.24, 2.45) is 0 Å². The lowest BCUT2D eigenvalue weighted by molar-refractivity contribution is 0.395. The van der Waals surface area contributed by atoms with Crippen LogP contribution in [0.4, 0.5) is 0 Å². The monoisotopic (exact) mass is 231 g/mol. The Balaban J connectivity index is 1.80. The zero-order valence-electron chi connectivity index (χ0n) is 9.74. The van der Waals surface area contributed by atoms with Crippen LogP contribution in [-0.2, 0) is 6.42 Å². The fourth-order valence-electron chi connectivity index (χ4n) is 2.48. The second-order valence-electron chi connectivity index (χ2n) is 4.74. The SMILES string of the molecule is Oc1ccc2nc(CC3CCCCN3)[nH]c2c1. The summed E-state index contributed by atoms with van der Waals surface area (Å²) < 4.78 is 0. The highest BCUT2D eigenvalue weighted by Gasteiger charge is 2.14. The molecule has 3 rings (SSSR count). The largest absolute Gasteiger partial charge is 0.508 e. The number of fused-ring (bicyclic) bond motifs is 1. The quantitative estimate of drug-likeness (QED) is 0.740. The van der Waals surface area contributed by atoms with Gasteiger partial charge in [0.05, 0.1) is 11.0 Å². The van der Waals surface area contributed by atoms with E-state index in [2.05, 4.69) is 15.3 Å². The van der Waals surface area contributed by atoms with Crippen molar-refractivity contribution in [3.05, 3.63) is 24.0 Å². The first kappa shape index (κ1) is 10.6. The topological polar surface area (TPSA) is 60.9 Å². The summed E-state index contributed by atoms with van der Waals surface area (Å²) in [5, 5.41) is 12.9. The summed E-state index contributed by atoms with van der Waals surface area (Å²) in [7, 11) is 0. The Morgan fingerprint density at radius 3 is 3.12 bits per heavy atom. The Morgan fingerprint density at radius 2 is 2.29 bits per heavy atom. The normalized spacial score (nSPS) is 20.8. The molecule has 1 aromatic heterocycles.